The van der Waals surface area contributed by atoms with Crippen LogP contribution in [0.15, 0.2) is 18.6 Å². The van der Waals surface area contributed by atoms with Gasteiger partial charge in [-0.05, 0) is 37.8 Å². The fourth-order valence-corrected chi connectivity index (χ4v) is 3.56. The predicted octanol–water partition coefficient (Wildman–Crippen LogP) is 1.68. The van der Waals surface area contributed by atoms with Crippen LogP contribution >= 0.6 is 0 Å². The number of alkyl halides is 3. The zero-order chi connectivity index (χ0) is 21.5. The molecule has 0 atom stereocenters. The Morgan fingerprint density at radius 2 is 1.83 bits per heavy atom. The number of carbonyl (C=O) groups is 2. The van der Waals surface area contributed by atoms with Gasteiger partial charge >= 0.3 is 12.1 Å². The first-order valence-electron chi connectivity index (χ1n) is 9.23. The number of halogens is 3. The summed E-state index contributed by atoms with van der Waals surface area (Å²) in [6.45, 7) is 5.72. The van der Waals surface area contributed by atoms with E-state index >= 15 is 0 Å². The van der Waals surface area contributed by atoms with Gasteiger partial charge in [0.15, 0.2) is 0 Å². The summed E-state index contributed by atoms with van der Waals surface area (Å²) in [7, 11) is 1.75. The van der Waals surface area contributed by atoms with Crippen LogP contribution in [0.2, 0.25) is 0 Å². The Bertz CT molecular complexity index is 679. The molecule has 2 saturated heterocycles. The van der Waals surface area contributed by atoms with Crippen LogP contribution in [0, 0.1) is 5.41 Å². The van der Waals surface area contributed by atoms with Gasteiger partial charge in [-0.2, -0.15) is 13.2 Å². The number of aliphatic carboxylic acids is 1. The van der Waals surface area contributed by atoms with Gasteiger partial charge in [0, 0.05) is 39.1 Å². The van der Waals surface area contributed by atoms with Crippen molar-refractivity contribution in [3.8, 4) is 0 Å². The van der Waals surface area contributed by atoms with Crippen molar-refractivity contribution in [1.82, 2.24) is 19.8 Å². The molecule has 29 heavy (non-hydrogen) atoms. The minimum atomic E-state index is -5.08. The number of likely N-dealkylation sites (tertiary alicyclic amines) is 2. The van der Waals surface area contributed by atoms with Crippen molar-refractivity contribution in [1.29, 1.82) is 0 Å². The van der Waals surface area contributed by atoms with E-state index in [9.17, 15) is 18.0 Å². The van der Waals surface area contributed by atoms with Crippen molar-refractivity contribution in [2.45, 2.75) is 25.4 Å². The van der Waals surface area contributed by atoms with Gasteiger partial charge in [0.2, 0.25) is 0 Å². The van der Waals surface area contributed by atoms with E-state index in [2.05, 4.69) is 14.9 Å². The van der Waals surface area contributed by atoms with Gasteiger partial charge in [0.1, 0.15) is 5.69 Å². The molecule has 3 rings (SSSR count). The summed E-state index contributed by atoms with van der Waals surface area (Å²) in [5.41, 5.74) is 0.763. The first-order chi connectivity index (χ1) is 13.7. The van der Waals surface area contributed by atoms with Crippen molar-refractivity contribution < 1.29 is 32.6 Å². The summed E-state index contributed by atoms with van der Waals surface area (Å²) in [5, 5.41) is 7.12. The normalized spacial score (nSPS) is 19.0. The van der Waals surface area contributed by atoms with Gasteiger partial charge in [-0.1, -0.05) is 0 Å². The number of hydrogen-bond acceptors (Lipinski definition) is 6. The Morgan fingerprint density at radius 3 is 2.34 bits per heavy atom. The van der Waals surface area contributed by atoms with Gasteiger partial charge in [0.25, 0.3) is 5.91 Å². The van der Waals surface area contributed by atoms with Crippen LogP contribution in [0.4, 0.5) is 13.2 Å². The molecular weight excluding hydrogens is 393 g/mol. The van der Waals surface area contributed by atoms with E-state index in [1.165, 1.54) is 12.8 Å². The third-order valence-corrected chi connectivity index (χ3v) is 5.28. The molecule has 8 nitrogen and oxygen atoms in total. The lowest BCUT2D eigenvalue weighted by atomic mass is 9.78. The molecule has 0 bridgehead atoms. The number of rotatable bonds is 4. The van der Waals surface area contributed by atoms with Crippen LogP contribution in [0.5, 0.6) is 0 Å². The quantitative estimate of drug-likeness (QED) is 0.795. The molecule has 2 fully saturated rings. The molecule has 2 aliphatic heterocycles. The lowest BCUT2D eigenvalue weighted by molar-refractivity contribution is -0.192. The number of aromatic nitrogens is 2. The Kier molecular flexibility index (Phi) is 7.91. The van der Waals surface area contributed by atoms with Crippen LogP contribution in [0.25, 0.3) is 0 Å². The summed E-state index contributed by atoms with van der Waals surface area (Å²) in [6.07, 6.45) is 3.09. The number of piperidine rings is 1. The summed E-state index contributed by atoms with van der Waals surface area (Å²) in [6, 6.07) is 0. The molecule has 0 aliphatic carbocycles. The van der Waals surface area contributed by atoms with E-state index in [0.29, 0.717) is 11.1 Å². The molecular formula is C18H25F3N4O4. The monoisotopic (exact) mass is 418 g/mol. The molecule has 0 aromatic carbocycles. The first-order valence-corrected chi connectivity index (χ1v) is 9.23. The lowest BCUT2D eigenvalue weighted by Gasteiger charge is -2.39. The molecule has 0 unspecified atom stereocenters. The van der Waals surface area contributed by atoms with Gasteiger partial charge < -0.3 is 19.6 Å². The van der Waals surface area contributed by atoms with Crippen molar-refractivity contribution in [2.24, 2.45) is 5.41 Å². The van der Waals surface area contributed by atoms with Crippen LogP contribution in [-0.2, 0) is 9.53 Å². The van der Waals surface area contributed by atoms with Gasteiger partial charge in [-0.15, -0.1) is 0 Å². The maximum atomic E-state index is 12.5. The van der Waals surface area contributed by atoms with Crippen molar-refractivity contribution in [2.75, 3.05) is 46.4 Å². The highest BCUT2D eigenvalue weighted by atomic mass is 19.4. The molecule has 0 saturated carbocycles. The summed E-state index contributed by atoms with van der Waals surface area (Å²) < 4.78 is 36.9. The number of ether oxygens (including phenoxy) is 1. The SMILES string of the molecule is COCCN1CCC2(CC1)CCN(C(=O)c1cnccn1)C2.O=C(O)C(F)(F)F. The van der Waals surface area contributed by atoms with Crippen LogP contribution < -0.4 is 0 Å². The number of methoxy groups -OCH3 is 1. The van der Waals surface area contributed by atoms with E-state index in [-0.39, 0.29) is 5.91 Å². The van der Waals surface area contributed by atoms with Crippen molar-refractivity contribution in [3.63, 3.8) is 0 Å². The van der Waals surface area contributed by atoms with Crippen molar-refractivity contribution >= 4 is 11.9 Å². The maximum absolute atomic E-state index is 12.5. The van der Waals surface area contributed by atoms with Gasteiger partial charge in [-0.25, -0.2) is 9.78 Å². The number of carboxylic acid groups (broad SMARTS) is 1. The minimum Gasteiger partial charge on any atom is -0.475 e. The Morgan fingerprint density at radius 1 is 1.21 bits per heavy atom. The Labute approximate surface area is 166 Å². The topological polar surface area (TPSA) is 95.9 Å². The predicted molar refractivity (Wildman–Crippen MR) is 96.2 cm³/mol. The fraction of sp³-hybridized carbons (Fsp3) is 0.667. The van der Waals surface area contributed by atoms with Crippen LogP contribution in [0.1, 0.15) is 29.8 Å². The molecule has 1 spiro atoms. The number of carbonyl (C=O) groups excluding carboxylic acids is 1. The van der Waals surface area contributed by atoms with E-state index < -0.39 is 12.1 Å². The fourth-order valence-electron chi connectivity index (χ4n) is 3.56. The summed E-state index contributed by atoms with van der Waals surface area (Å²) in [5.74, 6) is -2.74. The van der Waals surface area contributed by atoms with Crippen LogP contribution in [0.3, 0.4) is 0 Å². The average Bonchev–Trinajstić information content (AvgIpc) is 3.11. The molecule has 1 aromatic heterocycles. The van der Waals surface area contributed by atoms with Gasteiger partial charge in [0.05, 0.1) is 12.8 Å². The molecule has 1 amide bonds. The van der Waals surface area contributed by atoms with E-state index in [0.717, 1.165) is 45.8 Å². The molecule has 2 aliphatic rings. The Balaban J connectivity index is 0.000000370. The summed E-state index contributed by atoms with van der Waals surface area (Å²) >= 11 is 0. The Hall–Kier alpha value is -2.27. The first kappa shape index (κ1) is 23.0. The minimum absolute atomic E-state index is 0.0202. The second-order valence-electron chi connectivity index (χ2n) is 7.20. The molecule has 0 radical (unpaired) electrons. The third-order valence-electron chi connectivity index (χ3n) is 5.28. The van der Waals surface area contributed by atoms with E-state index in [1.807, 2.05) is 4.90 Å². The molecule has 11 heteroatoms. The number of hydrogen-bond donors (Lipinski definition) is 1. The zero-order valence-corrected chi connectivity index (χ0v) is 16.2. The maximum Gasteiger partial charge on any atom is 0.490 e. The second kappa shape index (κ2) is 9.97. The molecule has 1 aromatic rings. The highest BCUT2D eigenvalue weighted by Crippen LogP contribution is 2.40. The third kappa shape index (κ3) is 6.64. The zero-order valence-electron chi connectivity index (χ0n) is 16.2. The van der Waals surface area contributed by atoms with E-state index in [1.54, 1.807) is 25.7 Å². The highest BCUT2D eigenvalue weighted by molar-refractivity contribution is 5.92. The number of amides is 1. The second-order valence-corrected chi connectivity index (χ2v) is 7.20. The number of carboxylic acids is 1. The number of nitrogens with zero attached hydrogens (tertiary/aromatic N) is 4. The van der Waals surface area contributed by atoms with Gasteiger partial charge in [-0.3, -0.25) is 9.78 Å². The highest BCUT2D eigenvalue weighted by Gasteiger charge is 2.42. The lowest BCUT2D eigenvalue weighted by Crippen LogP contribution is -2.43. The molecule has 3 heterocycles. The van der Waals surface area contributed by atoms with Crippen LogP contribution in [-0.4, -0.2) is 89.4 Å². The molecule has 162 valence electrons. The molecule has 1 N–H and O–H groups in total. The smallest absolute Gasteiger partial charge is 0.475 e. The van der Waals surface area contributed by atoms with E-state index in [4.69, 9.17) is 14.6 Å². The standard InChI is InChI=1S/C16H24N4O2.C2HF3O2/c1-22-11-10-19-7-2-16(3-8-19)4-9-20(13-16)15(21)14-12-17-5-6-18-14;3-2(4,5)1(6)7/h5-6,12H,2-4,7-11,13H2,1H3;(H,6,7). The summed E-state index contributed by atoms with van der Waals surface area (Å²) in [4.78, 5) is 33.9. The largest absolute Gasteiger partial charge is 0.490 e. The average molecular weight is 418 g/mol. The van der Waals surface area contributed by atoms with Crippen molar-refractivity contribution in [3.05, 3.63) is 24.3 Å².